The summed E-state index contributed by atoms with van der Waals surface area (Å²) < 4.78 is 55.2. The van der Waals surface area contributed by atoms with E-state index in [2.05, 4.69) is 10.3 Å². The SMILES string of the molecule is CCN(CC)S(=O)(=O)c1ccc(C(=O)Nc2ccc(S(=O)(=O)N3CCCCC3c3cccnc3)cc2)cc1. The van der Waals surface area contributed by atoms with Crippen molar-refractivity contribution in [3.8, 4) is 0 Å². The van der Waals surface area contributed by atoms with Crippen molar-refractivity contribution in [2.45, 2.75) is 48.9 Å². The minimum atomic E-state index is -3.76. The molecule has 1 aliphatic rings. The summed E-state index contributed by atoms with van der Waals surface area (Å²) >= 11 is 0. The zero-order valence-corrected chi connectivity index (χ0v) is 23.1. The van der Waals surface area contributed by atoms with E-state index in [0.29, 0.717) is 25.3 Å². The van der Waals surface area contributed by atoms with Crippen LogP contribution >= 0.6 is 0 Å². The first-order chi connectivity index (χ1) is 18.2. The van der Waals surface area contributed by atoms with Crippen LogP contribution in [0.25, 0.3) is 0 Å². The Kier molecular flexibility index (Phi) is 8.61. The summed E-state index contributed by atoms with van der Waals surface area (Å²) in [4.78, 5) is 17.2. The second-order valence-corrected chi connectivity index (χ2v) is 12.8. The van der Waals surface area contributed by atoms with Gasteiger partial charge in [0.05, 0.1) is 15.8 Å². The molecule has 0 radical (unpaired) electrons. The number of hydrogen-bond donors (Lipinski definition) is 1. The molecule has 11 heteroatoms. The molecule has 0 bridgehead atoms. The quantitative estimate of drug-likeness (QED) is 0.421. The summed E-state index contributed by atoms with van der Waals surface area (Å²) in [6, 6.07) is 15.2. The molecule has 0 saturated carbocycles. The molecule has 1 fully saturated rings. The van der Waals surface area contributed by atoms with Crippen LogP contribution in [0, 0.1) is 0 Å². The molecule has 1 N–H and O–H groups in total. The summed E-state index contributed by atoms with van der Waals surface area (Å²) in [5, 5.41) is 2.74. The number of nitrogens with one attached hydrogen (secondary N) is 1. The van der Waals surface area contributed by atoms with E-state index in [1.54, 1.807) is 38.4 Å². The van der Waals surface area contributed by atoms with Gasteiger partial charge in [0.15, 0.2) is 0 Å². The molecule has 2 heterocycles. The Balaban J connectivity index is 1.47. The van der Waals surface area contributed by atoms with E-state index in [1.807, 2.05) is 12.1 Å². The number of amides is 1. The number of carbonyl (C=O) groups is 1. The van der Waals surface area contributed by atoms with E-state index in [9.17, 15) is 21.6 Å². The molecule has 1 aromatic heterocycles. The van der Waals surface area contributed by atoms with Gasteiger partial charge in [-0.2, -0.15) is 8.61 Å². The van der Waals surface area contributed by atoms with Gasteiger partial charge in [0.2, 0.25) is 20.0 Å². The van der Waals surface area contributed by atoms with E-state index < -0.39 is 26.0 Å². The van der Waals surface area contributed by atoms with Crippen LogP contribution in [0.5, 0.6) is 0 Å². The Hall–Kier alpha value is -3.12. The zero-order chi connectivity index (χ0) is 27.3. The Morgan fingerprint density at radius 2 is 1.61 bits per heavy atom. The third-order valence-electron chi connectivity index (χ3n) is 6.70. The fraction of sp³-hybridized carbons (Fsp3) is 0.333. The molecule has 9 nitrogen and oxygen atoms in total. The average molecular weight is 557 g/mol. The second-order valence-electron chi connectivity index (χ2n) is 9.01. The highest BCUT2D eigenvalue weighted by molar-refractivity contribution is 7.89. The van der Waals surface area contributed by atoms with Crippen molar-refractivity contribution in [3.05, 3.63) is 84.2 Å². The number of aromatic nitrogens is 1. The van der Waals surface area contributed by atoms with Crippen molar-refractivity contribution in [3.63, 3.8) is 0 Å². The fourth-order valence-corrected chi connectivity index (χ4v) is 7.78. The predicted octanol–water partition coefficient (Wildman–Crippen LogP) is 4.28. The largest absolute Gasteiger partial charge is 0.322 e. The second kappa shape index (κ2) is 11.7. The highest BCUT2D eigenvalue weighted by Crippen LogP contribution is 2.35. The molecule has 38 heavy (non-hydrogen) atoms. The Bertz CT molecular complexity index is 1460. The molecule has 3 aromatic rings. The summed E-state index contributed by atoms with van der Waals surface area (Å²) in [5.74, 6) is -0.430. The van der Waals surface area contributed by atoms with Crippen molar-refractivity contribution in [2.75, 3.05) is 25.0 Å². The van der Waals surface area contributed by atoms with Crippen LogP contribution in [0.2, 0.25) is 0 Å². The highest BCUT2D eigenvalue weighted by atomic mass is 32.2. The van der Waals surface area contributed by atoms with Crippen LogP contribution in [0.4, 0.5) is 5.69 Å². The van der Waals surface area contributed by atoms with E-state index in [1.165, 1.54) is 45.0 Å². The molecule has 202 valence electrons. The number of carbonyl (C=O) groups excluding carboxylic acids is 1. The Morgan fingerprint density at radius 1 is 0.947 bits per heavy atom. The molecule has 1 aliphatic heterocycles. The molecule has 1 amide bonds. The third-order valence-corrected chi connectivity index (χ3v) is 10.7. The molecule has 1 saturated heterocycles. The first-order valence-corrected chi connectivity index (χ1v) is 15.5. The third kappa shape index (κ3) is 5.80. The minimum absolute atomic E-state index is 0.120. The number of anilines is 1. The average Bonchev–Trinajstić information content (AvgIpc) is 2.94. The van der Waals surface area contributed by atoms with Crippen molar-refractivity contribution in [2.24, 2.45) is 0 Å². The predicted molar refractivity (Wildman–Crippen MR) is 146 cm³/mol. The lowest BCUT2D eigenvalue weighted by atomic mass is 9.99. The number of hydrogen-bond acceptors (Lipinski definition) is 6. The summed E-state index contributed by atoms with van der Waals surface area (Å²) in [6.07, 6.45) is 5.84. The van der Waals surface area contributed by atoms with E-state index >= 15 is 0 Å². The van der Waals surface area contributed by atoms with Gasteiger partial charge < -0.3 is 5.32 Å². The minimum Gasteiger partial charge on any atom is -0.322 e. The number of pyridine rings is 1. The van der Waals surface area contributed by atoms with Gasteiger partial charge in [0.25, 0.3) is 5.91 Å². The van der Waals surface area contributed by atoms with Gasteiger partial charge in [0.1, 0.15) is 0 Å². The first-order valence-electron chi connectivity index (χ1n) is 12.6. The van der Waals surface area contributed by atoms with Gasteiger partial charge in [-0.1, -0.05) is 26.3 Å². The van der Waals surface area contributed by atoms with Gasteiger partial charge in [0, 0.05) is 43.3 Å². The molecule has 1 atom stereocenters. The lowest BCUT2D eigenvalue weighted by Crippen LogP contribution is -2.38. The topological polar surface area (TPSA) is 117 Å². The van der Waals surface area contributed by atoms with E-state index in [0.717, 1.165) is 24.8 Å². The maximum absolute atomic E-state index is 13.5. The lowest BCUT2D eigenvalue weighted by molar-refractivity contribution is 0.102. The first kappa shape index (κ1) is 27.9. The molecule has 4 rings (SSSR count). The Morgan fingerprint density at radius 3 is 2.21 bits per heavy atom. The molecular formula is C27H32N4O5S2. The van der Waals surface area contributed by atoms with Gasteiger partial charge in [-0.25, -0.2) is 16.8 Å². The van der Waals surface area contributed by atoms with Crippen molar-refractivity contribution < 1.29 is 21.6 Å². The number of piperidine rings is 1. The van der Waals surface area contributed by atoms with Crippen molar-refractivity contribution in [1.82, 2.24) is 13.6 Å². The van der Waals surface area contributed by atoms with Crippen LogP contribution < -0.4 is 5.32 Å². The van der Waals surface area contributed by atoms with Crippen LogP contribution in [-0.2, 0) is 20.0 Å². The van der Waals surface area contributed by atoms with Crippen LogP contribution in [0.3, 0.4) is 0 Å². The highest BCUT2D eigenvalue weighted by Gasteiger charge is 2.34. The van der Waals surface area contributed by atoms with Gasteiger partial charge in [-0.15, -0.1) is 0 Å². The fourth-order valence-electron chi connectivity index (χ4n) is 4.64. The monoisotopic (exact) mass is 556 g/mol. The molecule has 2 aromatic carbocycles. The maximum Gasteiger partial charge on any atom is 0.255 e. The van der Waals surface area contributed by atoms with Crippen molar-refractivity contribution in [1.29, 1.82) is 0 Å². The zero-order valence-electron chi connectivity index (χ0n) is 21.4. The van der Waals surface area contributed by atoms with Crippen LogP contribution in [-0.4, -0.2) is 56.0 Å². The number of rotatable bonds is 9. The Labute approximate surface area is 224 Å². The molecular weight excluding hydrogens is 524 g/mol. The molecule has 0 aliphatic carbocycles. The summed E-state index contributed by atoms with van der Waals surface area (Å²) in [7, 11) is -7.37. The van der Waals surface area contributed by atoms with E-state index in [-0.39, 0.29) is 21.4 Å². The molecule has 0 spiro atoms. The normalized spacial score (nSPS) is 16.9. The lowest BCUT2D eigenvalue weighted by Gasteiger charge is -2.34. The maximum atomic E-state index is 13.5. The van der Waals surface area contributed by atoms with Gasteiger partial charge >= 0.3 is 0 Å². The van der Waals surface area contributed by atoms with Gasteiger partial charge in [-0.3, -0.25) is 9.78 Å². The van der Waals surface area contributed by atoms with E-state index in [4.69, 9.17) is 0 Å². The summed E-state index contributed by atoms with van der Waals surface area (Å²) in [6.45, 7) is 4.68. The molecule has 1 unspecified atom stereocenters. The number of nitrogens with zero attached hydrogens (tertiary/aromatic N) is 3. The number of benzene rings is 2. The van der Waals surface area contributed by atoms with Gasteiger partial charge in [-0.05, 0) is 73.0 Å². The van der Waals surface area contributed by atoms with Crippen LogP contribution in [0.1, 0.15) is 55.1 Å². The van der Waals surface area contributed by atoms with Crippen LogP contribution in [0.15, 0.2) is 82.8 Å². The standard InChI is InChI=1S/C27H32N4O5S2/c1-3-30(4-2)37(33,34)24-14-10-21(11-15-24)27(32)29-23-12-16-25(17-13-23)38(35,36)31-19-6-5-9-26(31)22-8-7-18-28-20-22/h7-8,10-18,20,26H,3-6,9,19H2,1-2H3,(H,29,32). The number of sulfonamides is 2. The summed E-state index contributed by atoms with van der Waals surface area (Å²) in [5.41, 5.74) is 1.58. The smallest absolute Gasteiger partial charge is 0.255 e. The van der Waals surface area contributed by atoms with Crippen molar-refractivity contribution >= 4 is 31.6 Å².